The SMILES string of the molecule is Cc1nc(NC(=O)Nc2cccc(Cl)c2)sc1C(=O)N1CCc2ccccc21. The fraction of sp³-hybridized carbons (Fsp3) is 0.150. The Balaban J connectivity index is 1.48. The zero-order valence-corrected chi connectivity index (χ0v) is 16.6. The second-order valence-electron chi connectivity index (χ2n) is 6.36. The third kappa shape index (κ3) is 3.72. The fourth-order valence-corrected chi connectivity index (χ4v) is 4.25. The fourth-order valence-electron chi connectivity index (χ4n) is 3.15. The number of benzene rings is 2. The maximum atomic E-state index is 13.0. The molecular formula is C20H17ClN4O2S. The van der Waals surface area contributed by atoms with Gasteiger partial charge in [0.15, 0.2) is 5.13 Å². The average Bonchev–Trinajstić information content (AvgIpc) is 3.24. The average molecular weight is 413 g/mol. The summed E-state index contributed by atoms with van der Waals surface area (Å²) in [6.07, 6.45) is 0.840. The van der Waals surface area contributed by atoms with E-state index in [1.165, 1.54) is 11.3 Å². The number of hydrogen-bond acceptors (Lipinski definition) is 4. The Morgan fingerprint density at radius 3 is 2.79 bits per heavy atom. The predicted octanol–water partition coefficient (Wildman–Crippen LogP) is 4.95. The van der Waals surface area contributed by atoms with Crippen molar-refractivity contribution < 1.29 is 9.59 Å². The topological polar surface area (TPSA) is 74.3 Å². The van der Waals surface area contributed by atoms with Crippen LogP contribution in [-0.4, -0.2) is 23.5 Å². The van der Waals surface area contributed by atoms with Crippen molar-refractivity contribution in [3.05, 3.63) is 69.7 Å². The highest BCUT2D eigenvalue weighted by atomic mass is 35.5. The van der Waals surface area contributed by atoms with Gasteiger partial charge < -0.3 is 10.2 Å². The van der Waals surface area contributed by atoms with E-state index >= 15 is 0 Å². The highest BCUT2D eigenvalue weighted by Gasteiger charge is 2.28. The van der Waals surface area contributed by atoms with E-state index in [2.05, 4.69) is 15.6 Å². The molecule has 0 spiro atoms. The Morgan fingerprint density at radius 1 is 1.14 bits per heavy atom. The maximum absolute atomic E-state index is 13.0. The van der Waals surface area contributed by atoms with Gasteiger partial charge in [-0.15, -0.1) is 0 Å². The van der Waals surface area contributed by atoms with Crippen LogP contribution in [0.25, 0.3) is 0 Å². The normalized spacial score (nSPS) is 12.6. The van der Waals surface area contributed by atoms with E-state index in [-0.39, 0.29) is 5.91 Å². The summed E-state index contributed by atoms with van der Waals surface area (Å²) in [5, 5.41) is 6.27. The zero-order valence-electron chi connectivity index (χ0n) is 15.0. The first kappa shape index (κ1) is 18.5. The van der Waals surface area contributed by atoms with Crippen molar-refractivity contribution in [1.82, 2.24) is 4.98 Å². The van der Waals surface area contributed by atoms with Crippen LogP contribution in [0.2, 0.25) is 5.02 Å². The summed E-state index contributed by atoms with van der Waals surface area (Å²) in [5.41, 5.74) is 3.27. The van der Waals surface area contributed by atoms with Gasteiger partial charge in [-0.2, -0.15) is 0 Å². The summed E-state index contributed by atoms with van der Waals surface area (Å²) in [6, 6.07) is 14.3. The number of hydrogen-bond donors (Lipinski definition) is 2. The molecule has 1 aromatic heterocycles. The van der Waals surface area contributed by atoms with Crippen LogP contribution in [0, 0.1) is 6.92 Å². The van der Waals surface area contributed by atoms with E-state index in [4.69, 9.17) is 11.6 Å². The summed E-state index contributed by atoms with van der Waals surface area (Å²) < 4.78 is 0. The van der Waals surface area contributed by atoms with Crippen LogP contribution >= 0.6 is 22.9 Å². The number of rotatable bonds is 3. The molecule has 1 aliphatic heterocycles. The van der Waals surface area contributed by atoms with Gasteiger partial charge in [0.1, 0.15) is 4.88 Å². The minimum absolute atomic E-state index is 0.0942. The molecule has 0 radical (unpaired) electrons. The van der Waals surface area contributed by atoms with E-state index in [1.807, 2.05) is 24.3 Å². The number of nitrogens with one attached hydrogen (secondary N) is 2. The molecule has 3 amide bonds. The first-order valence-electron chi connectivity index (χ1n) is 8.72. The number of thiazole rings is 1. The first-order chi connectivity index (χ1) is 13.5. The standard InChI is InChI=1S/C20H17ClN4O2S/c1-12-17(18(26)25-10-9-13-5-2-3-8-16(13)25)28-20(22-12)24-19(27)23-15-7-4-6-14(21)11-15/h2-8,11H,9-10H2,1H3,(H2,22,23,24,27). The molecule has 3 aromatic rings. The molecule has 2 N–H and O–H groups in total. The molecule has 0 bridgehead atoms. The van der Waals surface area contributed by atoms with Crippen LogP contribution in [0.1, 0.15) is 20.9 Å². The van der Waals surface area contributed by atoms with Crippen LogP contribution in [0.5, 0.6) is 0 Å². The summed E-state index contributed by atoms with van der Waals surface area (Å²) in [4.78, 5) is 31.8. The molecule has 6 nitrogen and oxygen atoms in total. The van der Waals surface area contributed by atoms with Gasteiger partial charge in [0.2, 0.25) is 0 Å². The molecular weight excluding hydrogens is 396 g/mol. The Hall–Kier alpha value is -2.90. The van der Waals surface area contributed by atoms with Crippen molar-refractivity contribution in [3.8, 4) is 0 Å². The van der Waals surface area contributed by atoms with Crippen molar-refractivity contribution in [3.63, 3.8) is 0 Å². The lowest BCUT2D eigenvalue weighted by Crippen LogP contribution is -2.28. The van der Waals surface area contributed by atoms with E-state index < -0.39 is 6.03 Å². The molecule has 4 rings (SSSR count). The molecule has 0 saturated carbocycles. The molecule has 8 heteroatoms. The summed E-state index contributed by atoms with van der Waals surface area (Å²) in [5.74, 6) is -0.0942. The van der Waals surface area contributed by atoms with Crippen LogP contribution in [-0.2, 0) is 6.42 Å². The number of carbonyl (C=O) groups is 2. The zero-order chi connectivity index (χ0) is 19.7. The second kappa shape index (κ2) is 7.61. The number of urea groups is 1. The Bertz CT molecular complexity index is 1070. The van der Waals surface area contributed by atoms with Crippen LogP contribution in [0.4, 0.5) is 21.3 Å². The van der Waals surface area contributed by atoms with Gasteiger partial charge in [0.05, 0.1) is 5.69 Å². The smallest absolute Gasteiger partial charge is 0.308 e. The van der Waals surface area contributed by atoms with Crippen molar-refractivity contribution in [2.24, 2.45) is 0 Å². The second-order valence-corrected chi connectivity index (χ2v) is 7.79. The molecule has 2 aromatic carbocycles. The van der Waals surface area contributed by atoms with Gasteiger partial charge >= 0.3 is 6.03 Å². The molecule has 0 saturated heterocycles. The number of anilines is 3. The summed E-state index contributed by atoms with van der Waals surface area (Å²) in [6.45, 7) is 2.42. The minimum atomic E-state index is -0.443. The Morgan fingerprint density at radius 2 is 1.96 bits per heavy atom. The monoisotopic (exact) mass is 412 g/mol. The highest BCUT2D eigenvalue weighted by molar-refractivity contribution is 7.17. The number of amides is 3. The number of fused-ring (bicyclic) bond motifs is 1. The first-order valence-corrected chi connectivity index (χ1v) is 9.91. The number of carbonyl (C=O) groups excluding carboxylic acids is 2. The number of para-hydroxylation sites is 1. The molecule has 1 aliphatic rings. The third-order valence-electron chi connectivity index (χ3n) is 4.43. The van der Waals surface area contributed by atoms with Gasteiger partial charge in [0, 0.05) is 22.9 Å². The lowest BCUT2D eigenvalue weighted by atomic mass is 10.2. The molecule has 0 atom stereocenters. The van der Waals surface area contributed by atoms with Gasteiger partial charge in [-0.3, -0.25) is 10.1 Å². The third-order valence-corrected chi connectivity index (χ3v) is 5.72. The van der Waals surface area contributed by atoms with E-state index in [0.29, 0.717) is 33.0 Å². The van der Waals surface area contributed by atoms with E-state index in [9.17, 15) is 9.59 Å². The predicted molar refractivity (Wildman–Crippen MR) is 113 cm³/mol. The maximum Gasteiger partial charge on any atom is 0.325 e. The van der Waals surface area contributed by atoms with Crippen LogP contribution in [0.15, 0.2) is 48.5 Å². The van der Waals surface area contributed by atoms with Gasteiger partial charge in [-0.05, 0) is 43.2 Å². The van der Waals surface area contributed by atoms with Crippen molar-refractivity contribution >= 4 is 51.4 Å². The lowest BCUT2D eigenvalue weighted by Gasteiger charge is -2.16. The summed E-state index contributed by atoms with van der Waals surface area (Å²) in [7, 11) is 0. The van der Waals surface area contributed by atoms with E-state index in [0.717, 1.165) is 17.7 Å². The van der Waals surface area contributed by atoms with Gasteiger partial charge in [-0.1, -0.05) is 47.2 Å². The van der Waals surface area contributed by atoms with Crippen LogP contribution < -0.4 is 15.5 Å². The number of halogens is 1. The number of nitrogens with zero attached hydrogens (tertiary/aromatic N) is 2. The number of aromatic nitrogens is 1. The quantitative estimate of drug-likeness (QED) is 0.639. The van der Waals surface area contributed by atoms with Crippen LogP contribution in [0.3, 0.4) is 0 Å². The molecule has 0 unspecified atom stereocenters. The number of aryl methyl sites for hydroxylation is 1. The van der Waals surface area contributed by atoms with Gasteiger partial charge in [-0.25, -0.2) is 9.78 Å². The van der Waals surface area contributed by atoms with Crippen molar-refractivity contribution in [1.29, 1.82) is 0 Å². The molecule has 142 valence electrons. The van der Waals surface area contributed by atoms with E-state index in [1.54, 1.807) is 36.1 Å². The largest absolute Gasteiger partial charge is 0.325 e. The minimum Gasteiger partial charge on any atom is -0.308 e. The molecule has 0 fully saturated rings. The molecule has 2 heterocycles. The Labute approximate surface area is 171 Å². The molecule has 0 aliphatic carbocycles. The lowest BCUT2D eigenvalue weighted by molar-refractivity contribution is 0.0992. The van der Waals surface area contributed by atoms with Crippen molar-refractivity contribution in [2.45, 2.75) is 13.3 Å². The van der Waals surface area contributed by atoms with Crippen molar-refractivity contribution in [2.75, 3.05) is 22.1 Å². The Kier molecular flexibility index (Phi) is 5.02. The highest BCUT2D eigenvalue weighted by Crippen LogP contribution is 2.32. The van der Waals surface area contributed by atoms with Gasteiger partial charge in [0.25, 0.3) is 5.91 Å². The summed E-state index contributed by atoms with van der Waals surface area (Å²) >= 11 is 7.09. The molecule has 28 heavy (non-hydrogen) atoms.